The first-order chi connectivity index (χ1) is 4.52. The standard InChI is InChI=1S/C8H16N2/c1-6(2)5-7(3)10-8(4)9/h6,9H,5H2,1-4H3. The predicted molar refractivity (Wildman–Crippen MR) is 46.0 cm³/mol. The van der Waals surface area contributed by atoms with Gasteiger partial charge in [0.05, 0.1) is 0 Å². The summed E-state index contributed by atoms with van der Waals surface area (Å²) in [5.74, 6) is 1.04. The van der Waals surface area contributed by atoms with Crippen LogP contribution in [0.15, 0.2) is 4.99 Å². The fourth-order valence-electron chi connectivity index (χ4n) is 0.923. The van der Waals surface area contributed by atoms with E-state index in [1.165, 1.54) is 0 Å². The summed E-state index contributed by atoms with van der Waals surface area (Å²) in [6.07, 6.45) is 0.996. The zero-order valence-corrected chi connectivity index (χ0v) is 7.23. The molecule has 0 aliphatic heterocycles. The summed E-state index contributed by atoms with van der Waals surface area (Å²) in [7, 11) is 0. The molecule has 0 aliphatic rings. The van der Waals surface area contributed by atoms with Crippen LogP contribution in [0.5, 0.6) is 0 Å². The van der Waals surface area contributed by atoms with Gasteiger partial charge < -0.3 is 0 Å². The number of rotatable bonds is 2. The zero-order chi connectivity index (χ0) is 8.15. The van der Waals surface area contributed by atoms with E-state index in [4.69, 9.17) is 5.41 Å². The lowest BCUT2D eigenvalue weighted by atomic mass is 10.1. The molecule has 0 aromatic rings. The maximum Gasteiger partial charge on any atom is 0.117 e. The summed E-state index contributed by atoms with van der Waals surface area (Å²) >= 11 is 0. The number of hydrogen-bond donors (Lipinski definition) is 1. The Kier molecular flexibility index (Phi) is 3.93. The van der Waals surface area contributed by atoms with Crippen LogP contribution in [0.4, 0.5) is 0 Å². The van der Waals surface area contributed by atoms with Crippen LogP contribution in [0.3, 0.4) is 0 Å². The molecule has 0 bridgehead atoms. The third-order valence-electron chi connectivity index (χ3n) is 1.06. The van der Waals surface area contributed by atoms with Gasteiger partial charge in [0.2, 0.25) is 0 Å². The van der Waals surface area contributed by atoms with Gasteiger partial charge in [0, 0.05) is 5.71 Å². The van der Waals surface area contributed by atoms with Gasteiger partial charge >= 0.3 is 0 Å². The van der Waals surface area contributed by atoms with Crippen LogP contribution in [-0.4, -0.2) is 11.5 Å². The predicted octanol–water partition coefficient (Wildman–Crippen LogP) is 2.49. The molecule has 0 aromatic carbocycles. The minimum absolute atomic E-state index is 0.401. The maximum atomic E-state index is 7.08. The second-order valence-corrected chi connectivity index (χ2v) is 3.03. The van der Waals surface area contributed by atoms with Crippen LogP contribution in [0.1, 0.15) is 34.1 Å². The van der Waals surface area contributed by atoms with Crippen LogP contribution >= 0.6 is 0 Å². The summed E-state index contributed by atoms with van der Waals surface area (Å²) in [5.41, 5.74) is 1.06. The highest BCUT2D eigenvalue weighted by atomic mass is 14.8. The highest BCUT2D eigenvalue weighted by molar-refractivity contribution is 5.94. The number of nitrogens with one attached hydrogen (secondary N) is 1. The summed E-state index contributed by atoms with van der Waals surface area (Å²) in [6, 6.07) is 0. The quantitative estimate of drug-likeness (QED) is 0.452. The van der Waals surface area contributed by atoms with E-state index in [9.17, 15) is 0 Å². The second-order valence-electron chi connectivity index (χ2n) is 3.03. The molecular weight excluding hydrogens is 124 g/mol. The molecule has 0 amide bonds. The van der Waals surface area contributed by atoms with Crippen LogP contribution in [0.25, 0.3) is 0 Å². The van der Waals surface area contributed by atoms with Gasteiger partial charge in [0.15, 0.2) is 0 Å². The first kappa shape index (κ1) is 9.34. The molecule has 0 saturated heterocycles. The van der Waals surface area contributed by atoms with E-state index in [0.717, 1.165) is 12.1 Å². The smallest absolute Gasteiger partial charge is 0.117 e. The Morgan fingerprint density at radius 3 is 2.20 bits per heavy atom. The molecule has 2 nitrogen and oxygen atoms in total. The number of nitrogens with zero attached hydrogens (tertiary/aromatic N) is 1. The van der Waals surface area contributed by atoms with Crippen LogP contribution in [0.2, 0.25) is 0 Å². The lowest BCUT2D eigenvalue weighted by Crippen LogP contribution is -2.00. The topological polar surface area (TPSA) is 36.2 Å². The Bertz CT molecular complexity index is 145. The van der Waals surface area contributed by atoms with Gasteiger partial charge in [-0.05, 0) is 26.2 Å². The van der Waals surface area contributed by atoms with E-state index < -0.39 is 0 Å². The summed E-state index contributed by atoms with van der Waals surface area (Å²) < 4.78 is 0. The first-order valence-electron chi connectivity index (χ1n) is 3.61. The lowest BCUT2D eigenvalue weighted by Gasteiger charge is -2.02. The molecule has 0 saturated carbocycles. The van der Waals surface area contributed by atoms with Crippen molar-refractivity contribution in [3.05, 3.63) is 0 Å². The summed E-state index contributed by atoms with van der Waals surface area (Å²) in [6.45, 7) is 7.97. The highest BCUT2D eigenvalue weighted by Crippen LogP contribution is 2.00. The van der Waals surface area contributed by atoms with Crippen molar-refractivity contribution in [2.75, 3.05) is 0 Å². The normalized spacial score (nSPS) is 12.3. The molecule has 0 atom stereocenters. The fraction of sp³-hybridized carbons (Fsp3) is 0.750. The molecule has 58 valence electrons. The van der Waals surface area contributed by atoms with E-state index in [1.54, 1.807) is 6.92 Å². The molecule has 0 spiro atoms. The van der Waals surface area contributed by atoms with Crippen molar-refractivity contribution >= 4 is 11.5 Å². The Morgan fingerprint density at radius 1 is 1.40 bits per heavy atom. The van der Waals surface area contributed by atoms with Crippen molar-refractivity contribution < 1.29 is 0 Å². The molecule has 0 unspecified atom stereocenters. The van der Waals surface area contributed by atoms with Crippen molar-refractivity contribution in [1.82, 2.24) is 0 Å². The van der Waals surface area contributed by atoms with E-state index in [1.807, 2.05) is 6.92 Å². The van der Waals surface area contributed by atoms with Crippen molar-refractivity contribution in [1.29, 1.82) is 5.41 Å². The molecule has 0 radical (unpaired) electrons. The van der Waals surface area contributed by atoms with Crippen molar-refractivity contribution in [2.45, 2.75) is 34.1 Å². The van der Waals surface area contributed by atoms with Gasteiger partial charge in [-0.15, -0.1) is 0 Å². The monoisotopic (exact) mass is 140 g/mol. The molecule has 2 heteroatoms. The largest absolute Gasteiger partial charge is 0.287 e. The molecule has 0 aliphatic carbocycles. The summed E-state index contributed by atoms with van der Waals surface area (Å²) in [5, 5.41) is 7.08. The van der Waals surface area contributed by atoms with E-state index in [-0.39, 0.29) is 0 Å². The van der Waals surface area contributed by atoms with E-state index in [2.05, 4.69) is 18.8 Å². The maximum absolute atomic E-state index is 7.08. The van der Waals surface area contributed by atoms with E-state index in [0.29, 0.717) is 11.8 Å². The Balaban J connectivity index is 3.83. The molecule has 0 aromatic heterocycles. The Hall–Kier alpha value is -0.660. The number of aliphatic imine (C=N–C) groups is 1. The Labute approximate surface area is 62.9 Å². The van der Waals surface area contributed by atoms with Gasteiger partial charge in [0.1, 0.15) is 5.84 Å². The van der Waals surface area contributed by atoms with Gasteiger partial charge in [0.25, 0.3) is 0 Å². The zero-order valence-electron chi connectivity index (χ0n) is 7.23. The average molecular weight is 140 g/mol. The SMILES string of the molecule is CC(=N)N=C(C)CC(C)C. The number of hydrogen-bond acceptors (Lipinski definition) is 1. The van der Waals surface area contributed by atoms with Crippen LogP contribution < -0.4 is 0 Å². The minimum atomic E-state index is 0.401. The third-order valence-corrected chi connectivity index (χ3v) is 1.06. The van der Waals surface area contributed by atoms with Crippen LogP contribution in [-0.2, 0) is 0 Å². The molecule has 10 heavy (non-hydrogen) atoms. The second kappa shape index (κ2) is 4.20. The highest BCUT2D eigenvalue weighted by Gasteiger charge is 1.96. The number of amidine groups is 1. The Morgan fingerprint density at radius 2 is 1.90 bits per heavy atom. The average Bonchev–Trinajstić information content (AvgIpc) is 1.58. The van der Waals surface area contributed by atoms with Gasteiger partial charge in [-0.25, -0.2) is 4.99 Å². The van der Waals surface area contributed by atoms with Gasteiger partial charge in [-0.1, -0.05) is 13.8 Å². The summed E-state index contributed by atoms with van der Waals surface area (Å²) in [4.78, 5) is 4.02. The molecule has 1 N–H and O–H groups in total. The molecule has 0 fully saturated rings. The van der Waals surface area contributed by atoms with E-state index >= 15 is 0 Å². The van der Waals surface area contributed by atoms with Crippen molar-refractivity contribution in [2.24, 2.45) is 10.9 Å². The van der Waals surface area contributed by atoms with Crippen LogP contribution in [0, 0.1) is 11.3 Å². The van der Waals surface area contributed by atoms with Crippen molar-refractivity contribution in [3.63, 3.8) is 0 Å². The molecule has 0 rings (SSSR count). The minimum Gasteiger partial charge on any atom is -0.287 e. The fourth-order valence-corrected chi connectivity index (χ4v) is 0.923. The third kappa shape index (κ3) is 5.48. The molecule has 0 heterocycles. The lowest BCUT2D eigenvalue weighted by molar-refractivity contribution is 0.683. The molecular formula is C8H16N2. The van der Waals surface area contributed by atoms with Crippen molar-refractivity contribution in [3.8, 4) is 0 Å². The van der Waals surface area contributed by atoms with Gasteiger partial charge in [-0.2, -0.15) is 0 Å². The first-order valence-corrected chi connectivity index (χ1v) is 3.61. The van der Waals surface area contributed by atoms with Gasteiger partial charge in [-0.3, -0.25) is 5.41 Å².